The number of hydrogen-bond donors (Lipinski definition) is 2. The average Bonchev–Trinajstić information content (AvgIpc) is 2.82. The number of likely N-dealkylation sites (tertiary alicyclic amines) is 1. The number of nitrogens with one attached hydrogen (secondary N) is 2. The summed E-state index contributed by atoms with van der Waals surface area (Å²) in [5.74, 6) is 1.72. The highest BCUT2D eigenvalue weighted by atomic mass is 16.1. The Hall–Kier alpha value is -1.47. The van der Waals surface area contributed by atoms with Crippen LogP contribution in [0, 0.1) is 11.8 Å². The van der Waals surface area contributed by atoms with E-state index in [1.54, 1.807) is 0 Å². The van der Waals surface area contributed by atoms with Crippen LogP contribution >= 0.6 is 0 Å². The summed E-state index contributed by atoms with van der Waals surface area (Å²) in [6, 6.07) is 11.4. The van der Waals surface area contributed by atoms with Crippen molar-refractivity contribution >= 4 is 5.91 Å². The van der Waals surface area contributed by atoms with Gasteiger partial charge in [-0.3, -0.25) is 14.6 Å². The van der Waals surface area contributed by atoms with Gasteiger partial charge < -0.3 is 15.5 Å². The highest BCUT2D eigenvalue weighted by Gasteiger charge is 2.36. The SMILES string of the molecule is CCN1CCN(CCNC(=O)CCC[C@H]2NC[C@@H]3C[C@H]2CN(Cc2ccccc2)C3)CC1. The summed E-state index contributed by atoms with van der Waals surface area (Å²) in [7, 11) is 0. The number of piperazine rings is 1. The van der Waals surface area contributed by atoms with Crippen molar-refractivity contribution in [3.05, 3.63) is 35.9 Å². The van der Waals surface area contributed by atoms with Crippen LogP contribution in [0.5, 0.6) is 0 Å². The first kappa shape index (κ1) is 23.7. The molecule has 4 rings (SSSR count). The van der Waals surface area contributed by atoms with Crippen molar-refractivity contribution in [2.75, 3.05) is 65.4 Å². The first-order chi connectivity index (χ1) is 15.7. The Labute approximate surface area is 194 Å². The standard InChI is InChI=1S/C26H43N5O/c1-2-29-13-15-30(16-14-29)12-11-27-26(32)10-6-9-25-24-17-23(18-28-25)20-31(21-24)19-22-7-4-3-5-8-22/h3-5,7-8,23-25,28H,2,6,9-21H2,1H3,(H,27,32)/t23-,24-,25+/m0/s1. The van der Waals surface area contributed by atoms with Crippen LogP contribution in [0.3, 0.4) is 0 Å². The lowest BCUT2D eigenvalue weighted by Gasteiger charge is -2.46. The van der Waals surface area contributed by atoms with Gasteiger partial charge in [-0.2, -0.15) is 0 Å². The second-order valence-corrected chi connectivity index (χ2v) is 10.1. The molecule has 2 N–H and O–H groups in total. The average molecular weight is 442 g/mol. The van der Waals surface area contributed by atoms with Gasteiger partial charge >= 0.3 is 0 Å². The number of hydrogen-bond acceptors (Lipinski definition) is 5. The molecular formula is C26H43N5O. The fraction of sp³-hybridized carbons (Fsp3) is 0.731. The molecule has 32 heavy (non-hydrogen) atoms. The van der Waals surface area contributed by atoms with E-state index in [-0.39, 0.29) is 5.91 Å². The zero-order valence-corrected chi connectivity index (χ0v) is 20.0. The molecule has 3 aliphatic heterocycles. The van der Waals surface area contributed by atoms with Crippen molar-refractivity contribution in [3.8, 4) is 0 Å². The van der Waals surface area contributed by atoms with Gasteiger partial charge in [-0.1, -0.05) is 37.3 Å². The van der Waals surface area contributed by atoms with E-state index < -0.39 is 0 Å². The van der Waals surface area contributed by atoms with Crippen LogP contribution in [-0.4, -0.2) is 92.1 Å². The Morgan fingerprint density at radius 2 is 1.84 bits per heavy atom. The van der Waals surface area contributed by atoms with Crippen molar-refractivity contribution in [1.82, 2.24) is 25.3 Å². The van der Waals surface area contributed by atoms with Crippen LogP contribution < -0.4 is 10.6 Å². The number of nitrogens with zero attached hydrogens (tertiary/aromatic N) is 3. The van der Waals surface area contributed by atoms with Crippen molar-refractivity contribution in [2.45, 2.75) is 45.2 Å². The van der Waals surface area contributed by atoms with Crippen molar-refractivity contribution in [2.24, 2.45) is 11.8 Å². The van der Waals surface area contributed by atoms with E-state index in [1.165, 1.54) is 25.1 Å². The molecule has 3 saturated heterocycles. The van der Waals surface area contributed by atoms with E-state index >= 15 is 0 Å². The predicted molar refractivity (Wildman–Crippen MR) is 131 cm³/mol. The molecule has 6 heteroatoms. The van der Waals surface area contributed by atoms with E-state index in [0.29, 0.717) is 12.5 Å². The molecule has 2 bridgehead atoms. The number of rotatable bonds is 10. The van der Waals surface area contributed by atoms with Gasteiger partial charge in [0.25, 0.3) is 0 Å². The van der Waals surface area contributed by atoms with E-state index in [0.717, 1.165) is 83.6 Å². The van der Waals surface area contributed by atoms with Gasteiger partial charge in [0.05, 0.1) is 0 Å². The van der Waals surface area contributed by atoms with Gasteiger partial charge in [0.2, 0.25) is 5.91 Å². The molecule has 3 aliphatic rings. The van der Waals surface area contributed by atoms with Crippen LogP contribution in [0.2, 0.25) is 0 Å². The van der Waals surface area contributed by atoms with Gasteiger partial charge in [-0.05, 0) is 49.8 Å². The molecule has 3 heterocycles. The van der Waals surface area contributed by atoms with E-state index in [2.05, 4.69) is 62.6 Å². The number of piperidine rings is 2. The molecule has 0 unspecified atom stereocenters. The number of benzene rings is 1. The number of amides is 1. The zero-order chi connectivity index (χ0) is 22.2. The van der Waals surface area contributed by atoms with Crippen molar-refractivity contribution in [1.29, 1.82) is 0 Å². The van der Waals surface area contributed by atoms with E-state index in [4.69, 9.17) is 0 Å². The molecule has 0 aliphatic carbocycles. The molecule has 1 aromatic carbocycles. The molecule has 3 fully saturated rings. The maximum Gasteiger partial charge on any atom is 0.220 e. The fourth-order valence-corrected chi connectivity index (χ4v) is 5.83. The largest absolute Gasteiger partial charge is 0.355 e. The molecule has 6 nitrogen and oxygen atoms in total. The van der Waals surface area contributed by atoms with Gasteiger partial charge in [-0.15, -0.1) is 0 Å². The quantitative estimate of drug-likeness (QED) is 0.582. The summed E-state index contributed by atoms with van der Waals surface area (Å²) in [4.78, 5) is 19.9. The minimum Gasteiger partial charge on any atom is -0.355 e. The molecule has 1 amide bonds. The second-order valence-electron chi connectivity index (χ2n) is 10.1. The molecule has 0 aromatic heterocycles. The fourth-order valence-electron chi connectivity index (χ4n) is 5.83. The lowest BCUT2D eigenvalue weighted by atomic mass is 9.79. The normalized spacial score (nSPS) is 27.3. The molecule has 0 spiro atoms. The predicted octanol–water partition coefficient (Wildman–Crippen LogP) is 2.02. The van der Waals surface area contributed by atoms with Crippen LogP contribution in [-0.2, 0) is 11.3 Å². The smallest absolute Gasteiger partial charge is 0.220 e. The van der Waals surface area contributed by atoms with Gasteiger partial charge in [0.15, 0.2) is 0 Å². The van der Waals surface area contributed by atoms with Gasteiger partial charge in [0, 0.05) is 71.4 Å². The van der Waals surface area contributed by atoms with Crippen LogP contribution in [0.1, 0.15) is 38.2 Å². The van der Waals surface area contributed by atoms with Crippen LogP contribution in [0.4, 0.5) is 0 Å². The Morgan fingerprint density at radius 1 is 1.06 bits per heavy atom. The van der Waals surface area contributed by atoms with Crippen molar-refractivity contribution < 1.29 is 4.79 Å². The van der Waals surface area contributed by atoms with Crippen molar-refractivity contribution in [3.63, 3.8) is 0 Å². The minimum absolute atomic E-state index is 0.222. The summed E-state index contributed by atoms with van der Waals surface area (Å²) in [6.07, 6.45) is 4.10. The molecule has 1 aromatic rings. The zero-order valence-electron chi connectivity index (χ0n) is 20.0. The van der Waals surface area contributed by atoms with Gasteiger partial charge in [-0.25, -0.2) is 0 Å². The third-order valence-corrected chi connectivity index (χ3v) is 7.71. The van der Waals surface area contributed by atoms with E-state index in [9.17, 15) is 4.79 Å². The number of carbonyl (C=O) groups excluding carboxylic acids is 1. The molecule has 178 valence electrons. The summed E-state index contributed by atoms with van der Waals surface area (Å²) < 4.78 is 0. The summed E-state index contributed by atoms with van der Waals surface area (Å²) in [6.45, 7) is 14.3. The first-order valence-electron chi connectivity index (χ1n) is 12.9. The summed E-state index contributed by atoms with van der Waals surface area (Å²) in [5, 5.41) is 6.95. The monoisotopic (exact) mass is 441 g/mol. The molecular weight excluding hydrogens is 398 g/mol. The number of likely N-dealkylation sites (N-methyl/N-ethyl adjacent to an activating group) is 1. The first-order valence-corrected chi connectivity index (χ1v) is 12.9. The Balaban J connectivity index is 1.11. The number of carbonyl (C=O) groups is 1. The molecule has 0 saturated carbocycles. The highest BCUT2D eigenvalue weighted by molar-refractivity contribution is 5.75. The third-order valence-electron chi connectivity index (χ3n) is 7.71. The van der Waals surface area contributed by atoms with E-state index in [1.807, 2.05) is 0 Å². The highest BCUT2D eigenvalue weighted by Crippen LogP contribution is 2.31. The molecule has 0 radical (unpaired) electrons. The Morgan fingerprint density at radius 3 is 2.62 bits per heavy atom. The minimum atomic E-state index is 0.222. The summed E-state index contributed by atoms with van der Waals surface area (Å²) >= 11 is 0. The lowest BCUT2D eigenvalue weighted by molar-refractivity contribution is -0.121. The molecule has 3 atom stereocenters. The maximum absolute atomic E-state index is 12.3. The lowest BCUT2D eigenvalue weighted by Crippen LogP contribution is -2.55. The van der Waals surface area contributed by atoms with Crippen LogP contribution in [0.25, 0.3) is 0 Å². The van der Waals surface area contributed by atoms with Gasteiger partial charge in [0.1, 0.15) is 0 Å². The Bertz CT molecular complexity index is 691. The number of fused-ring (bicyclic) bond motifs is 2. The maximum atomic E-state index is 12.3. The topological polar surface area (TPSA) is 50.9 Å². The third kappa shape index (κ3) is 7.01. The Kier molecular flexibility index (Phi) is 8.97. The van der Waals surface area contributed by atoms with Crippen LogP contribution in [0.15, 0.2) is 30.3 Å². The summed E-state index contributed by atoms with van der Waals surface area (Å²) in [5.41, 5.74) is 1.42. The second kappa shape index (κ2) is 12.1.